The maximum Gasteiger partial charge on any atom is 0.417 e. The molecule has 0 saturated carbocycles. The zero-order chi connectivity index (χ0) is 35.9. The molecular weight excluding hydrogens is 715 g/mol. The fraction of sp³-hybridized carbons (Fsp3) is 0.424. The van der Waals surface area contributed by atoms with Gasteiger partial charge in [0, 0.05) is 51.1 Å². The Morgan fingerprint density at radius 2 is 1.78 bits per heavy atom. The molecule has 3 atom stereocenters. The summed E-state index contributed by atoms with van der Waals surface area (Å²) in [5.74, 6) is 0.237. The van der Waals surface area contributed by atoms with Crippen LogP contribution < -0.4 is 16.3 Å². The van der Waals surface area contributed by atoms with Crippen molar-refractivity contribution in [1.82, 2.24) is 28.6 Å². The summed E-state index contributed by atoms with van der Waals surface area (Å²) in [4.78, 5) is 49.0. The number of thiophene rings is 1. The molecule has 5 aromatic rings. The second kappa shape index (κ2) is 12.3. The minimum Gasteiger partial charge on any atom is -0.444 e. The number of nitrogens with zero attached hydrogens (tertiary/aromatic N) is 7. The van der Waals surface area contributed by atoms with E-state index in [9.17, 15) is 14.4 Å². The number of hydrogen-bond acceptors (Lipinski definition) is 9. The molecular formula is C33H33ClF3N7O4S2. The van der Waals surface area contributed by atoms with Crippen molar-refractivity contribution in [2.75, 3.05) is 23.7 Å². The number of halogens is 4. The summed E-state index contributed by atoms with van der Waals surface area (Å²) in [7, 11) is 0. The molecule has 0 spiro atoms. The van der Waals surface area contributed by atoms with Gasteiger partial charge in [0.15, 0.2) is 5.65 Å². The Kier molecular flexibility index (Phi) is 8.49. The Morgan fingerprint density at radius 1 is 1.06 bits per heavy atom. The second-order valence-electron chi connectivity index (χ2n) is 13.6. The number of anilines is 1. The molecule has 0 N–H and O–H groups in total. The third-order valence-corrected chi connectivity index (χ3v) is 11.3. The predicted molar refractivity (Wildman–Crippen MR) is 188 cm³/mol. The van der Waals surface area contributed by atoms with E-state index in [1.165, 1.54) is 19.7 Å². The summed E-state index contributed by atoms with van der Waals surface area (Å²) in [6, 6.07) is 6.13. The lowest BCUT2D eigenvalue weighted by atomic mass is 10.0. The van der Waals surface area contributed by atoms with Gasteiger partial charge >= 0.3 is 23.6 Å². The van der Waals surface area contributed by atoms with Gasteiger partial charge in [-0.05, 0) is 58.9 Å². The summed E-state index contributed by atoms with van der Waals surface area (Å²) < 4.78 is 55.0. The Labute approximate surface area is 297 Å². The van der Waals surface area contributed by atoms with Gasteiger partial charge in [0.25, 0.3) is 0 Å². The SMILES string of the molecule is C[C@@H]1CN(c2nc(=O)n3c4c(c(-c5cc(Cl)cs5)c(C(F)(F)F)cc24)SC[C@@H](n2nc4ccccn4c2=O)C3)C[C@H](C)N1C(=O)OC(C)(C)C. The number of pyridine rings is 1. The maximum absolute atomic E-state index is 15.1. The van der Waals surface area contributed by atoms with E-state index in [1.54, 1.807) is 60.3 Å². The molecule has 6 heterocycles. The number of carbonyl (C=O) groups excluding carboxylic acids is 1. The standard InChI is InChI=1S/C33H33ClF3N7O4S2/c1-17-12-40(13-18(2)43(17)31(47)48-32(3,4)5)28-21-11-22(33(35,36)37)25(23-10-19(34)15-49-23)27-26(21)42(29(45)38-28)14-20(16-50-27)44-30(46)41-9-7-6-8-24(41)39-44/h6-11,15,17-18,20H,12-14,16H2,1-5H3/t17-,18+,20-/m0/s1. The van der Waals surface area contributed by atoms with Crippen molar-refractivity contribution < 1.29 is 22.7 Å². The van der Waals surface area contributed by atoms with Crippen LogP contribution in [-0.4, -0.2) is 71.3 Å². The van der Waals surface area contributed by atoms with Gasteiger partial charge in [-0.1, -0.05) is 17.7 Å². The lowest BCUT2D eigenvalue weighted by molar-refractivity contribution is -0.137. The molecule has 1 fully saturated rings. The zero-order valence-electron chi connectivity index (χ0n) is 27.7. The number of fused-ring (bicyclic) bond motifs is 1. The maximum atomic E-state index is 15.1. The quantitative estimate of drug-likeness (QED) is 0.199. The van der Waals surface area contributed by atoms with Gasteiger partial charge in [-0.25, -0.2) is 19.1 Å². The van der Waals surface area contributed by atoms with E-state index in [2.05, 4.69) is 10.1 Å². The fourth-order valence-corrected chi connectivity index (χ4v) is 9.33. The van der Waals surface area contributed by atoms with Crippen LogP contribution in [0, 0.1) is 0 Å². The highest BCUT2D eigenvalue weighted by atomic mass is 35.5. The van der Waals surface area contributed by atoms with Gasteiger partial charge in [-0.15, -0.1) is 28.2 Å². The molecule has 11 nitrogen and oxygen atoms in total. The van der Waals surface area contributed by atoms with Crippen LogP contribution >= 0.6 is 34.7 Å². The Balaban J connectivity index is 1.43. The molecule has 0 unspecified atom stereocenters. The van der Waals surface area contributed by atoms with Gasteiger partial charge in [-0.2, -0.15) is 18.2 Å². The Hall–Kier alpha value is -4.02. The molecule has 0 radical (unpaired) electrons. The largest absolute Gasteiger partial charge is 0.444 e. The molecule has 2 aliphatic rings. The van der Waals surface area contributed by atoms with Crippen molar-refractivity contribution in [1.29, 1.82) is 0 Å². The number of carbonyl (C=O) groups is 1. The molecule has 1 aromatic carbocycles. The number of amides is 1. The highest BCUT2D eigenvalue weighted by Gasteiger charge is 2.41. The molecule has 17 heteroatoms. The first-order chi connectivity index (χ1) is 23.5. The van der Waals surface area contributed by atoms with E-state index in [-0.39, 0.29) is 57.6 Å². The molecule has 1 amide bonds. The van der Waals surface area contributed by atoms with Gasteiger partial charge in [0.1, 0.15) is 11.4 Å². The molecule has 50 heavy (non-hydrogen) atoms. The predicted octanol–water partition coefficient (Wildman–Crippen LogP) is 6.79. The second-order valence-corrected chi connectivity index (χ2v) is 16.0. The number of benzene rings is 1. The van der Waals surface area contributed by atoms with Crippen LogP contribution in [0.15, 0.2) is 56.4 Å². The van der Waals surface area contributed by atoms with Gasteiger partial charge in [-0.3, -0.25) is 13.9 Å². The van der Waals surface area contributed by atoms with Crippen LogP contribution in [0.4, 0.5) is 23.8 Å². The number of rotatable bonds is 3. The Morgan fingerprint density at radius 3 is 2.40 bits per heavy atom. The molecule has 264 valence electrons. The van der Waals surface area contributed by atoms with E-state index >= 15 is 13.2 Å². The summed E-state index contributed by atoms with van der Waals surface area (Å²) in [6.45, 7) is 9.30. The summed E-state index contributed by atoms with van der Waals surface area (Å²) >= 11 is 8.45. The first kappa shape index (κ1) is 34.4. The van der Waals surface area contributed by atoms with Crippen LogP contribution in [0.2, 0.25) is 5.02 Å². The van der Waals surface area contributed by atoms with Gasteiger partial charge in [0.2, 0.25) is 0 Å². The number of piperazine rings is 1. The topological polar surface area (TPSA) is 107 Å². The smallest absolute Gasteiger partial charge is 0.417 e. The summed E-state index contributed by atoms with van der Waals surface area (Å²) in [5, 5.41) is 6.49. The van der Waals surface area contributed by atoms with Crippen molar-refractivity contribution >= 4 is 63.2 Å². The third-order valence-electron chi connectivity index (χ3n) is 8.75. The first-order valence-electron chi connectivity index (χ1n) is 15.9. The van der Waals surface area contributed by atoms with Gasteiger partial charge in [0.05, 0.1) is 40.8 Å². The summed E-state index contributed by atoms with van der Waals surface area (Å²) in [6.07, 6.45) is -3.70. The average Bonchev–Trinajstić information content (AvgIpc) is 3.53. The van der Waals surface area contributed by atoms with Crippen LogP contribution in [0.1, 0.15) is 46.2 Å². The van der Waals surface area contributed by atoms with Crippen LogP contribution in [-0.2, 0) is 17.5 Å². The number of alkyl halides is 3. The third kappa shape index (κ3) is 6.04. The molecule has 7 rings (SSSR count). The minimum atomic E-state index is -4.78. The number of aromatic nitrogens is 5. The van der Waals surface area contributed by atoms with Crippen molar-refractivity contribution in [2.45, 2.75) is 76.0 Å². The average molecular weight is 748 g/mol. The van der Waals surface area contributed by atoms with Crippen LogP contribution in [0.3, 0.4) is 0 Å². The van der Waals surface area contributed by atoms with Crippen LogP contribution in [0.5, 0.6) is 0 Å². The first-order valence-corrected chi connectivity index (χ1v) is 18.1. The van der Waals surface area contributed by atoms with E-state index in [0.29, 0.717) is 10.5 Å². The fourth-order valence-electron chi connectivity index (χ4n) is 6.80. The van der Waals surface area contributed by atoms with Crippen LogP contribution in [0.25, 0.3) is 27.0 Å². The molecule has 2 aliphatic heterocycles. The molecule has 0 bridgehead atoms. The van der Waals surface area contributed by atoms with Crippen molar-refractivity contribution in [3.05, 3.63) is 73.5 Å². The van der Waals surface area contributed by atoms with E-state index < -0.39 is 52.9 Å². The van der Waals surface area contributed by atoms with E-state index in [4.69, 9.17) is 16.3 Å². The number of hydrogen-bond donors (Lipinski definition) is 0. The Bertz CT molecular complexity index is 2260. The van der Waals surface area contributed by atoms with Crippen molar-refractivity contribution in [3.8, 4) is 10.4 Å². The van der Waals surface area contributed by atoms with Crippen molar-refractivity contribution in [3.63, 3.8) is 0 Å². The zero-order valence-corrected chi connectivity index (χ0v) is 30.1. The molecule has 1 saturated heterocycles. The van der Waals surface area contributed by atoms with E-state index in [1.807, 2.05) is 13.8 Å². The van der Waals surface area contributed by atoms with Crippen molar-refractivity contribution in [2.24, 2.45) is 0 Å². The van der Waals surface area contributed by atoms with E-state index in [0.717, 1.165) is 29.2 Å². The highest BCUT2D eigenvalue weighted by Crippen LogP contribution is 2.50. The number of ether oxygens (including phenoxy) is 1. The monoisotopic (exact) mass is 747 g/mol. The lowest BCUT2D eigenvalue weighted by Gasteiger charge is -2.45. The highest BCUT2D eigenvalue weighted by molar-refractivity contribution is 7.99. The molecule has 4 aromatic heterocycles. The normalized spacial score (nSPS) is 20.1. The lowest BCUT2D eigenvalue weighted by Crippen LogP contribution is -2.59. The summed E-state index contributed by atoms with van der Waals surface area (Å²) in [5.41, 5.74) is -2.13. The number of thioether (sulfide) groups is 1. The molecule has 0 aliphatic carbocycles. The van der Waals surface area contributed by atoms with Gasteiger partial charge < -0.3 is 9.64 Å². The minimum absolute atomic E-state index is 0.0539.